The zero-order valence-electron chi connectivity index (χ0n) is 10.8. The van der Waals surface area contributed by atoms with Crippen molar-refractivity contribution in [2.75, 3.05) is 7.05 Å². The Bertz CT molecular complexity index is 237. The minimum atomic E-state index is -0.177. The van der Waals surface area contributed by atoms with Gasteiger partial charge in [0.25, 0.3) is 0 Å². The van der Waals surface area contributed by atoms with Crippen LogP contribution in [0.25, 0.3) is 0 Å². The monoisotopic (exact) mass is 242 g/mol. The number of nitrogens with one attached hydrogen (secondary N) is 1. The second-order valence-corrected chi connectivity index (χ2v) is 5.66. The topological polar surface area (TPSA) is 55.7 Å². The van der Waals surface area contributed by atoms with E-state index in [0.717, 1.165) is 51.4 Å². The van der Waals surface area contributed by atoms with Crippen molar-refractivity contribution in [1.29, 1.82) is 0 Å². The molecule has 4 unspecified atom stereocenters. The molecule has 0 radical (unpaired) electrons. The maximum atomic E-state index is 9.86. The first-order valence-corrected chi connectivity index (χ1v) is 7.02. The lowest BCUT2D eigenvalue weighted by molar-refractivity contribution is 0.0427. The average Bonchev–Trinajstić information content (AvgIpc) is 2.61. The number of aliphatic hydroxyl groups is 2. The third-order valence-corrected chi connectivity index (χ3v) is 4.27. The van der Waals surface area contributed by atoms with Crippen molar-refractivity contribution in [2.24, 2.45) is 0 Å². The number of likely N-dealkylation sites (N-methyl/N-ethyl adjacent to an activating group) is 1. The average molecular weight is 242 g/mol. The molecule has 4 heteroatoms. The third kappa shape index (κ3) is 3.65. The van der Waals surface area contributed by atoms with E-state index >= 15 is 0 Å². The summed E-state index contributed by atoms with van der Waals surface area (Å²) in [6.07, 6.45) is 7.96. The molecule has 2 aliphatic rings. The number of nitrogens with zero attached hydrogens (tertiary/aromatic N) is 1. The molecule has 0 aromatic carbocycles. The minimum absolute atomic E-state index is 0.107. The number of hydrazine groups is 1. The summed E-state index contributed by atoms with van der Waals surface area (Å²) < 4.78 is 0. The molecule has 2 rings (SSSR count). The highest BCUT2D eigenvalue weighted by Gasteiger charge is 2.30. The summed E-state index contributed by atoms with van der Waals surface area (Å²) in [7, 11) is 2.04. The van der Waals surface area contributed by atoms with Gasteiger partial charge in [-0.2, -0.15) is 0 Å². The van der Waals surface area contributed by atoms with Crippen molar-refractivity contribution in [1.82, 2.24) is 10.4 Å². The molecule has 0 heterocycles. The SMILES string of the molecule is CN(NC1CCCC(O)CC1)C1CCCC1O. The van der Waals surface area contributed by atoms with E-state index in [-0.39, 0.29) is 18.2 Å². The number of aliphatic hydroxyl groups excluding tert-OH is 2. The largest absolute Gasteiger partial charge is 0.393 e. The van der Waals surface area contributed by atoms with Gasteiger partial charge in [-0.05, 0) is 51.4 Å². The molecule has 2 saturated carbocycles. The van der Waals surface area contributed by atoms with Gasteiger partial charge in [-0.15, -0.1) is 0 Å². The Morgan fingerprint density at radius 1 is 0.941 bits per heavy atom. The van der Waals surface area contributed by atoms with Crippen LogP contribution in [0.4, 0.5) is 0 Å². The van der Waals surface area contributed by atoms with Gasteiger partial charge < -0.3 is 10.2 Å². The molecule has 100 valence electrons. The number of rotatable bonds is 3. The fourth-order valence-corrected chi connectivity index (χ4v) is 3.17. The van der Waals surface area contributed by atoms with Gasteiger partial charge in [-0.3, -0.25) is 5.43 Å². The maximum Gasteiger partial charge on any atom is 0.0709 e. The lowest BCUT2D eigenvalue weighted by Gasteiger charge is -2.31. The quantitative estimate of drug-likeness (QED) is 0.511. The van der Waals surface area contributed by atoms with Crippen LogP contribution in [0.2, 0.25) is 0 Å². The fraction of sp³-hybridized carbons (Fsp3) is 1.00. The minimum Gasteiger partial charge on any atom is -0.393 e. The summed E-state index contributed by atoms with van der Waals surface area (Å²) in [4.78, 5) is 0. The first kappa shape index (κ1) is 13.3. The summed E-state index contributed by atoms with van der Waals surface area (Å²) in [6.45, 7) is 0. The first-order valence-electron chi connectivity index (χ1n) is 7.02. The second-order valence-electron chi connectivity index (χ2n) is 5.66. The summed E-state index contributed by atoms with van der Waals surface area (Å²) in [6, 6.07) is 0.730. The Labute approximate surface area is 104 Å². The Morgan fingerprint density at radius 2 is 1.71 bits per heavy atom. The molecule has 4 nitrogen and oxygen atoms in total. The lowest BCUT2D eigenvalue weighted by Crippen LogP contribution is -2.50. The third-order valence-electron chi connectivity index (χ3n) is 4.27. The van der Waals surface area contributed by atoms with Gasteiger partial charge in [-0.25, -0.2) is 5.01 Å². The molecule has 0 spiro atoms. The van der Waals surface area contributed by atoms with Gasteiger partial charge in [0.2, 0.25) is 0 Å². The lowest BCUT2D eigenvalue weighted by atomic mass is 10.1. The van der Waals surface area contributed by atoms with Crippen LogP contribution < -0.4 is 5.43 Å². The van der Waals surface area contributed by atoms with Gasteiger partial charge in [0.15, 0.2) is 0 Å². The van der Waals surface area contributed by atoms with Crippen molar-refractivity contribution in [3.05, 3.63) is 0 Å². The molecule has 0 amide bonds. The number of hydrogen-bond donors (Lipinski definition) is 3. The van der Waals surface area contributed by atoms with Gasteiger partial charge >= 0.3 is 0 Å². The van der Waals surface area contributed by atoms with Crippen LogP contribution in [0.5, 0.6) is 0 Å². The molecule has 0 aromatic rings. The first-order chi connectivity index (χ1) is 8.16. The molecule has 0 aliphatic heterocycles. The van der Waals surface area contributed by atoms with E-state index in [0.29, 0.717) is 6.04 Å². The van der Waals surface area contributed by atoms with E-state index in [9.17, 15) is 10.2 Å². The van der Waals surface area contributed by atoms with Gasteiger partial charge in [0.1, 0.15) is 0 Å². The van der Waals surface area contributed by atoms with Crippen molar-refractivity contribution in [2.45, 2.75) is 75.7 Å². The van der Waals surface area contributed by atoms with Crippen LogP contribution in [0, 0.1) is 0 Å². The van der Waals surface area contributed by atoms with Crippen LogP contribution in [-0.4, -0.2) is 46.6 Å². The zero-order chi connectivity index (χ0) is 12.3. The van der Waals surface area contributed by atoms with Crippen LogP contribution in [0.15, 0.2) is 0 Å². The second kappa shape index (κ2) is 6.14. The molecular weight excluding hydrogens is 216 g/mol. The zero-order valence-corrected chi connectivity index (χ0v) is 10.8. The molecule has 0 saturated heterocycles. The molecular formula is C13H26N2O2. The van der Waals surface area contributed by atoms with Gasteiger partial charge in [0.05, 0.1) is 12.2 Å². The van der Waals surface area contributed by atoms with Crippen molar-refractivity contribution < 1.29 is 10.2 Å². The van der Waals surface area contributed by atoms with Crippen molar-refractivity contribution in [3.8, 4) is 0 Å². The molecule has 0 aromatic heterocycles. The highest BCUT2D eigenvalue weighted by atomic mass is 16.3. The Morgan fingerprint density at radius 3 is 2.41 bits per heavy atom. The van der Waals surface area contributed by atoms with E-state index in [2.05, 4.69) is 10.4 Å². The van der Waals surface area contributed by atoms with E-state index in [4.69, 9.17) is 0 Å². The van der Waals surface area contributed by atoms with Crippen LogP contribution in [-0.2, 0) is 0 Å². The molecule has 4 atom stereocenters. The molecule has 0 bridgehead atoms. The Kier molecular flexibility index (Phi) is 4.79. The highest BCUT2D eigenvalue weighted by molar-refractivity contribution is 4.83. The normalized spacial score (nSPS) is 39.5. The predicted octanol–water partition coefficient (Wildman–Crippen LogP) is 1.03. The van der Waals surface area contributed by atoms with E-state index in [1.54, 1.807) is 0 Å². The van der Waals surface area contributed by atoms with Gasteiger partial charge in [0, 0.05) is 19.1 Å². The van der Waals surface area contributed by atoms with E-state index in [1.807, 2.05) is 7.05 Å². The Hall–Kier alpha value is -0.160. The summed E-state index contributed by atoms with van der Waals surface area (Å²) in [5.41, 5.74) is 3.51. The van der Waals surface area contributed by atoms with E-state index in [1.165, 1.54) is 0 Å². The highest BCUT2D eigenvalue weighted by Crippen LogP contribution is 2.24. The molecule has 2 fully saturated rings. The van der Waals surface area contributed by atoms with E-state index < -0.39 is 0 Å². The van der Waals surface area contributed by atoms with Crippen LogP contribution >= 0.6 is 0 Å². The van der Waals surface area contributed by atoms with Crippen molar-refractivity contribution in [3.63, 3.8) is 0 Å². The predicted molar refractivity (Wildman–Crippen MR) is 67.4 cm³/mol. The van der Waals surface area contributed by atoms with Gasteiger partial charge in [-0.1, -0.05) is 0 Å². The Balaban J connectivity index is 1.79. The van der Waals surface area contributed by atoms with Crippen LogP contribution in [0.3, 0.4) is 0 Å². The maximum absolute atomic E-state index is 9.86. The smallest absolute Gasteiger partial charge is 0.0709 e. The molecule has 17 heavy (non-hydrogen) atoms. The summed E-state index contributed by atoms with van der Waals surface area (Å²) in [5, 5.41) is 21.6. The molecule has 2 aliphatic carbocycles. The van der Waals surface area contributed by atoms with Crippen LogP contribution in [0.1, 0.15) is 51.4 Å². The summed E-state index contributed by atoms with van der Waals surface area (Å²) in [5.74, 6) is 0. The standard InChI is InChI=1S/C13H26N2O2/c1-15(12-6-3-7-13(12)17)14-10-4-2-5-11(16)9-8-10/h10-14,16-17H,2-9H2,1H3. The van der Waals surface area contributed by atoms with Crippen molar-refractivity contribution >= 4 is 0 Å². The summed E-state index contributed by atoms with van der Waals surface area (Å²) >= 11 is 0. The number of hydrogen-bond acceptors (Lipinski definition) is 4. The molecule has 3 N–H and O–H groups in total. The fourth-order valence-electron chi connectivity index (χ4n) is 3.17.